The van der Waals surface area contributed by atoms with Gasteiger partial charge in [-0.3, -0.25) is 9.59 Å². The van der Waals surface area contributed by atoms with E-state index in [-0.39, 0.29) is 5.91 Å². The van der Waals surface area contributed by atoms with Gasteiger partial charge >= 0.3 is 0 Å². The number of anilines is 2. The zero-order chi connectivity index (χ0) is 14.6. The van der Waals surface area contributed by atoms with Crippen LogP contribution in [0.3, 0.4) is 0 Å². The molecule has 2 aromatic rings. The second kappa shape index (κ2) is 3.93. The predicted octanol–water partition coefficient (Wildman–Crippen LogP) is 1.56. The topological polar surface area (TPSA) is 78.4 Å². The molecule has 5 heteroatoms. The normalized spacial score (nSPS) is 26.0. The number of rotatable bonds is 0. The average molecular weight is 280 g/mol. The first-order valence-electron chi connectivity index (χ1n) is 6.65. The van der Waals surface area contributed by atoms with E-state index in [0.29, 0.717) is 22.5 Å². The minimum Gasteiger partial charge on any atom is -0.374 e. The molecule has 0 saturated heterocycles. The van der Waals surface area contributed by atoms with Crippen molar-refractivity contribution in [2.24, 2.45) is 0 Å². The standard InChI is InChI=1S/C16H12N2O3/c19-14-13-9-5-1-3-7-11(9)18-15(20)16(13,21)10-6-2-4-8-12(10)17-14/h1-8,13,21H,(H,17,19)(H,18,20)/t13-,16-/m0/s1. The number of hydrogen-bond acceptors (Lipinski definition) is 3. The van der Waals surface area contributed by atoms with Crippen LogP contribution in [0.1, 0.15) is 17.0 Å². The van der Waals surface area contributed by atoms with E-state index in [0.717, 1.165) is 0 Å². The summed E-state index contributed by atoms with van der Waals surface area (Å²) in [5, 5.41) is 16.5. The van der Waals surface area contributed by atoms with Crippen LogP contribution in [0.25, 0.3) is 0 Å². The van der Waals surface area contributed by atoms with Gasteiger partial charge in [0.2, 0.25) is 5.91 Å². The average Bonchev–Trinajstić information content (AvgIpc) is 2.48. The van der Waals surface area contributed by atoms with Crippen molar-refractivity contribution >= 4 is 23.2 Å². The summed E-state index contributed by atoms with van der Waals surface area (Å²) < 4.78 is 0. The van der Waals surface area contributed by atoms with E-state index in [4.69, 9.17) is 0 Å². The molecule has 4 rings (SSSR count). The van der Waals surface area contributed by atoms with E-state index in [1.807, 2.05) is 0 Å². The van der Waals surface area contributed by atoms with E-state index in [9.17, 15) is 14.7 Å². The third-order valence-corrected chi connectivity index (χ3v) is 4.14. The summed E-state index contributed by atoms with van der Waals surface area (Å²) in [6.07, 6.45) is 0. The lowest BCUT2D eigenvalue weighted by Gasteiger charge is -2.43. The number of aliphatic hydroxyl groups is 1. The van der Waals surface area contributed by atoms with E-state index in [1.54, 1.807) is 48.5 Å². The summed E-state index contributed by atoms with van der Waals surface area (Å²) in [6.45, 7) is 0. The summed E-state index contributed by atoms with van der Waals surface area (Å²) in [4.78, 5) is 24.9. The highest BCUT2D eigenvalue weighted by Gasteiger charge is 2.56. The summed E-state index contributed by atoms with van der Waals surface area (Å²) in [6, 6.07) is 13.8. The Morgan fingerprint density at radius 3 is 2.38 bits per heavy atom. The molecule has 104 valence electrons. The highest BCUT2D eigenvalue weighted by Crippen LogP contribution is 2.49. The first-order chi connectivity index (χ1) is 10.1. The fraction of sp³-hybridized carbons (Fsp3) is 0.125. The number of nitrogens with one attached hydrogen (secondary N) is 2. The number of para-hydroxylation sites is 2. The van der Waals surface area contributed by atoms with Crippen molar-refractivity contribution in [3.05, 3.63) is 59.7 Å². The molecule has 0 aliphatic carbocycles. The zero-order valence-corrected chi connectivity index (χ0v) is 11.0. The Balaban J connectivity index is 2.03. The van der Waals surface area contributed by atoms with Crippen LogP contribution in [0.15, 0.2) is 48.5 Å². The van der Waals surface area contributed by atoms with E-state index in [1.165, 1.54) is 0 Å². The Morgan fingerprint density at radius 2 is 1.57 bits per heavy atom. The molecule has 21 heavy (non-hydrogen) atoms. The monoisotopic (exact) mass is 280 g/mol. The molecule has 2 aliphatic rings. The van der Waals surface area contributed by atoms with Crippen molar-refractivity contribution in [2.45, 2.75) is 11.5 Å². The minimum absolute atomic E-state index is 0.376. The Kier molecular flexibility index (Phi) is 2.26. The molecular weight excluding hydrogens is 268 g/mol. The van der Waals surface area contributed by atoms with Gasteiger partial charge in [-0.15, -0.1) is 0 Å². The van der Waals surface area contributed by atoms with Crippen LogP contribution in [0.4, 0.5) is 11.4 Å². The largest absolute Gasteiger partial charge is 0.374 e. The minimum atomic E-state index is -1.88. The van der Waals surface area contributed by atoms with Crippen molar-refractivity contribution in [3.8, 4) is 0 Å². The van der Waals surface area contributed by atoms with Crippen LogP contribution >= 0.6 is 0 Å². The molecule has 2 heterocycles. The van der Waals surface area contributed by atoms with Crippen LogP contribution in [0, 0.1) is 0 Å². The maximum absolute atomic E-state index is 12.5. The Hall–Kier alpha value is -2.66. The molecule has 0 unspecified atom stereocenters. The molecule has 5 nitrogen and oxygen atoms in total. The molecule has 2 atom stereocenters. The second-order valence-electron chi connectivity index (χ2n) is 5.28. The van der Waals surface area contributed by atoms with Crippen molar-refractivity contribution in [2.75, 3.05) is 10.6 Å². The lowest BCUT2D eigenvalue weighted by molar-refractivity contribution is -0.145. The summed E-state index contributed by atoms with van der Waals surface area (Å²) in [5.74, 6) is -1.90. The van der Waals surface area contributed by atoms with Crippen LogP contribution in [-0.2, 0) is 15.2 Å². The number of hydrogen-bond donors (Lipinski definition) is 3. The van der Waals surface area contributed by atoms with Crippen molar-refractivity contribution < 1.29 is 14.7 Å². The first kappa shape index (κ1) is 12.1. The van der Waals surface area contributed by atoms with Gasteiger partial charge in [0.15, 0.2) is 5.60 Å². The van der Waals surface area contributed by atoms with Gasteiger partial charge in [0.05, 0.1) is 0 Å². The van der Waals surface area contributed by atoms with Crippen molar-refractivity contribution in [3.63, 3.8) is 0 Å². The van der Waals surface area contributed by atoms with Crippen LogP contribution in [0.2, 0.25) is 0 Å². The summed E-state index contributed by atoms with van der Waals surface area (Å²) >= 11 is 0. The fourth-order valence-electron chi connectivity index (χ4n) is 3.17. The Labute approximate surface area is 120 Å². The molecule has 3 N–H and O–H groups in total. The second-order valence-corrected chi connectivity index (χ2v) is 5.28. The van der Waals surface area contributed by atoms with E-state index >= 15 is 0 Å². The van der Waals surface area contributed by atoms with Gasteiger partial charge in [0, 0.05) is 16.9 Å². The van der Waals surface area contributed by atoms with Gasteiger partial charge in [-0.2, -0.15) is 0 Å². The number of fused-ring (bicyclic) bond motifs is 5. The number of amides is 2. The van der Waals surface area contributed by atoms with Crippen LogP contribution in [0.5, 0.6) is 0 Å². The van der Waals surface area contributed by atoms with Gasteiger partial charge in [-0.1, -0.05) is 36.4 Å². The van der Waals surface area contributed by atoms with Gasteiger partial charge in [0.25, 0.3) is 5.91 Å². The number of carbonyl (C=O) groups excluding carboxylic acids is 2. The highest BCUT2D eigenvalue weighted by molar-refractivity contribution is 6.13. The fourth-order valence-corrected chi connectivity index (χ4v) is 3.17. The number of benzene rings is 2. The van der Waals surface area contributed by atoms with Crippen LogP contribution < -0.4 is 10.6 Å². The maximum atomic E-state index is 12.5. The quantitative estimate of drug-likeness (QED) is 0.685. The third-order valence-electron chi connectivity index (χ3n) is 4.14. The molecule has 0 radical (unpaired) electrons. The van der Waals surface area contributed by atoms with Crippen molar-refractivity contribution in [1.29, 1.82) is 0 Å². The maximum Gasteiger partial charge on any atom is 0.262 e. The Bertz CT molecular complexity index is 787. The van der Waals surface area contributed by atoms with E-state index < -0.39 is 17.4 Å². The summed E-state index contributed by atoms with van der Waals surface area (Å²) in [5.41, 5.74) is 0.184. The SMILES string of the molecule is O=C1Nc2ccccc2[C@@]2(O)C(=O)Nc3ccccc3[C@@H]12. The van der Waals surface area contributed by atoms with E-state index in [2.05, 4.69) is 10.6 Å². The van der Waals surface area contributed by atoms with Crippen LogP contribution in [-0.4, -0.2) is 16.9 Å². The lowest BCUT2D eigenvalue weighted by Crippen LogP contribution is -2.55. The molecule has 0 aromatic heterocycles. The van der Waals surface area contributed by atoms with Gasteiger partial charge in [0.1, 0.15) is 5.92 Å². The number of carbonyl (C=O) groups is 2. The van der Waals surface area contributed by atoms with Gasteiger partial charge in [-0.25, -0.2) is 0 Å². The molecule has 2 aromatic carbocycles. The molecule has 0 spiro atoms. The van der Waals surface area contributed by atoms with Crippen molar-refractivity contribution in [1.82, 2.24) is 0 Å². The molecule has 2 amide bonds. The zero-order valence-electron chi connectivity index (χ0n) is 11.0. The highest BCUT2D eigenvalue weighted by atomic mass is 16.3. The van der Waals surface area contributed by atoms with Gasteiger partial charge in [-0.05, 0) is 17.7 Å². The first-order valence-corrected chi connectivity index (χ1v) is 6.65. The molecule has 0 bridgehead atoms. The smallest absolute Gasteiger partial charge is 0.262 e. The molecule has 2 aliphatic heterocycles. The lowest BCUT2D eigenvalue weighted by atomic mass is 9.70. The molecule has 0 saturated carbocycles. The predicted molar refractivity (Wildman–Crippen MR) is 76.8 cm³/mol. The van der Waals surface area contributed by atoms with Gasteiger partial charge < -0.3 is 15.7 Å². The molecule has 0 fully saturated rings. The summed E-state index contributed by atoms with van der Waals surface area (Å²) in [7, 11) is 0. The third kappa shape index (κ3) is 1.43. The Morgan fingerprint density at radius 1 is 0.905 bits per heavy atom. The molecular formula is C16H12N2O3.